The van der Waals surface area contributed by atoms with Crippen molar-refractivity contribution in [3.05, 3.63) is 15.6 Å². The van der Waals surface area contributed by atoms with Crippen molar-refractivity contribution in [3.63, 3.8) is 0 Å². The zero-order valence-electron chi connectivity index (χ0n) is 9.40. The summed E-state index contributed by atoms with van der Waals surface area (Å²) in [6.07, 6.45) is 0.949. The van der Waals surface area contributed by atoms with E-state index in [9.17, 15) is 4.79 Å². The number of thiazole rings is 1. The van der Waals surface area contributed by atoms with Gasteiger partial charge in [-0.2, -0.15) is 0 Å². The summed E-state index contributed by atoms with van der Waals surface area (Å²) in [7, 11) is 0. The molecule has 0 spiro atoms. The van der Waals surface area contributed by atoms with Gasteiger partial charge in [-0.05, 0) is 12.3 Å². The Labute approximate surface area is 98.3 Å². The predicted octanol–water partition coefficient (Wildman–Crippen LogP) is 2.47. The number of hydrogen-bond donors (Lipinski definition) is 1. The molecule has 0 aromatic carbocycles. The van der Waals surface area contributed by atoms with E-state index in [1.54, 1.807) is 0 Å². The number of carboxylic acid groups (broad SMARTS) is 1. The normalized spacial score (nSPS) is 20.6. The van der Waals surface area contributed by atoms with Crippen LogP contribution in [0.2, 0.25) is 0 Å². The van der Waals surface area contributed by atoms with Gasteiger partial charge in [0.25, 0.3) is 0 Å². The maximum absolute atomic E-state index is 11.1. The molecule has 1 saturated heterocycles. The summed E-state index contributed by atoms with van der Waals surface area (Å²) >= 11 is 1.30. The van der Waals surface area contributed by atoms with Crippen molar-refractivity contribution in [2.45, 2.75) is 32.1 Å². The molecule has 0 radical (unpaired) electrons. The Hall–Kier alpha value is -0.940. The number of aromatic carboxylic acids is 1. The van der Waals surface area contributed by atoms with Gasteiger partial charge in [-0.25, -0.2) is 9.78 Å². The van der Waals surface area contributed by atoms with Crippen LogP contribution in [0, 0.1) is 0 Å². The van der Waals surface area contributed by atoms with Gasteiger partial charge in [-0.1, -0.05) is 13.8 Å². The SMILES string of the molecule is CC(C)c1nc(C2CCOC2)sc1C(=O)O. The number of nitrogens with zero attached hydrogens (tertiary/aromatic N) is 1. The second kappa shape index (κ2) is 4.51. The lowest BCUT2D eigenvalue weighted by molar-refractivity contribution is 0.0700. The van der Waals surface area contributed by atoms with E-state index in [0.717, 1.165) is 18.0 Å². The highest BCUT2D eigenvalue weighted by atomic mass is 32.1. The van der Waals surface area contributed by atoms with Gasteiger partial charge in [-0.3, -0.25) is 0 Å². The van der Waals surface area contributed by atoms with Crippen molar-refractivity contribution < 1.29 is 14.6 Å². The van der Waals surface area contributed by atoms with Gasteiger partial charge in [0.15, 0.2) is 0 Å². The standard InChI is InChI=1S/C11H15NO3S/c1-6(2)8-9(11(13)14)16-10(12-8)7-3-4-15-5-7/h6-7H,3-5H2,1-2H3,(H,13,14). The van der Waals surface area contributed by atoms with Crippen molar-refractivity contribution in [1.82, 2.24) is 4.98 Å². The lowest BCUT2D eigenvalue weighted by atomic mass is 10.1. The van der Waals surface area contributed by atoms with Gasteiger partial charge >= 0.3 is 5.97 Å². The van der Waals surface area contributed by atoms with E-state index in [1.807, 2.05) is 13.8 Å². The van der Waals surface area contributed by atoms with E-state index in [4.69, 9.17) is 9.84 Å². The largest absolute Gasteiger partial charge is 0.477 e. The third kappa shape index (κ3) is 2.10. The maximum atomic E-state index is 11.1. The van der Waals surface area contributed by atoms with Crippen molar-refractivity contribution in [3.8, 4) is 0 Å². The molecule has 2 rings (SSSR count). The molecule has 4 nitrogen and oxygen atoms in total. The van der Waals surface area contributed by atoms with E-state index in [0.29, 0.717) is 17.2 Å². The number of carboxylic acids is 1. The highest BCUT2D eigenvalue weighted by Crippen LogP contribution is 2.33. The molecule has 5 heteroatoms. The van der Waals surface area contributed by atoms with Crippen molar-refractivity contribution in [1.29, 1.82) is 0 Å². The molecule has 0 bridgehead atoms. The summed E-state index contributed by atoms with van der Waals surface area (Å²) < 4.78 is 5.30. The molecule has 1 aliphatic heterocycles. The van der Waals surface area contributed by atoms with Crippen LogP contribution in [0.25, 0.3) is 0 Å². The topological polar surface area (TPSA) is 59.4 Å². The minimum absolute atomic E-state index is 0.151. The second-order valence-corrected chi connectivity index (χ2v) is 5.32. The van der Waals surface area contributed by atoms with E-state index in [1.165, 1.54) is 11.3 Å². The van der Waals surface area contributed by atoms with Gasteiger partial charge in [-0.15, -0.1) is 11.3 Å². The third-order valence-corrected chi connectivity index (χ3v) is 3.91. The third-order valence-electron chi connectivity index (χ3n) is 2.69. The van der Waals surface area contributed by atoms with Gasteiger partial charge in [0.05, 0.1) is 17.3 Å². The van der Waals surface area contributed by atoms with Crippen molar-refractivity contribution in [2.24, 2.45) is 0 Å². The zero-order valence-corrected chi connectivity index (χ0v) is 10.2. The van der Waals surface area contributed by atoms with Gasteiger partial charge in [0.2, 0.25) is 0 Å². The summed E-state index contributed by atoms with van der Waals surface area (Å²) in [6.45, 7) is 5.36. The summed E-state index contributed by atoms with van der Waals surface area (Å²) in [5.41, 5.74) is 0.708. The fraction of sp³-hybridized carbons (Fsp3) is 0.636. The Balaban J connectivity index is 2.34. The average molecular weight is 241 g/mol. The van der Waals surface area contributed by atoms with Crippen LogP contribution in [0.3, 0.4) is 0 Å². The monoisotopic (exact) mass is 241 g/mol. The summed E-state index contributed by atoms with van der Waals surface area (Å²) in [6, 6.07) is 0. The minimum atomic E-state index is -0.869. The molecule has 88 valence electrons. The van der Waals surface area contributed by atoms with Gasteiger partial charge < -0.3 is 9.84 Å². The van der Waals surface area contributed by atoms with Crippen LogP contribution < -0.4 is 0 Å². The first-order valence-corrected chi connectivity index (χ1v) is 6.23. The smallest absolute Gasteiger partial charge is 0.347 e. The first kappa shape index (κ1) is 11.5. The van der Waals surface area contributed by atoms with Crippen LogP contribution in [0.15, 0.2) is 0 Å². The molecular weight excluding hydrogens is 226 g/mol. The molecule has 0 amide bonds. The molecule has 1 aromatic rings. The van der Waals surface area contributed by atoms with Crippen LogP contribution in [-0.2, 0) is 4.74 Å². The molecule has 0 saturated carbocycles. The van der Waals surface area contributed by atoms with E-state index in [2.05, 4.69) is 4.98 Å². The Morgan fingerprint density at radius 3 is 2.81 bits per heavy atom. The highest BCUT2D eigenvalue weighted by Gasteiger charge is 2.26. The van der Waals surface area contributed by atoms with E-state index >= 15 is 0 Å². The van der Waals surface area contributed by atoms with Gasteiger partial charge in [0, 0.05) is 12.5 Å². The van der Waals surface area contributed by atoms with Gasteiger partial charge in [0.1, 0.15) is 4.88 Å². The number of hydrogen-bond acceptors (Lipinski definition) is 4. The first-order valence-electron chi connectivity index (χ1n) is 5.41. The van der Waals surface area contributed by atoms with Crippen LogP contribution in [0.5, 0.6) is 0 Å². The quantitative estimate of drug-likeness (QED) is 0.883. The molecule has 1 aliphatic rings. The fourth-order valence-corrected chi connectivity index (χ4v) is 2.98. The molecule has 1 atom stereocenters. The van der Waals surface area contributed by atoms with Crippen molar-refractivity contribution >= 4 is 17.3 Å². The maximum Gasteiger partial charge on any atom is 0.347 e. The highest BCUT2D eigenvalue weighted by molar-refractivity contribution is 7.13. The Kier molecular flexibility index (Phi) is 3.25. The second-order valence-electron chi connectivity index (χ2n) is 4.29. The Bertz CT molecular complexity index is 394. The van der Waals surface area contributed by atoms with Crippen LogP contribution in [-0.4, -0.2) is 29.3 Å². The number of carbonyl (C=O) groups is 1. The number of ether oxygens (including phenoxy) is 1. The Morgan fingerprint density at radius 2 is 2.38 bits per heavy atom. The van der Waals surface area contributed by atoms with Crippen LogP contribution >= 0.6 is 11.3 Å². The molecule has 1 fully saturated rings. The van der Waals surface area contributed by atoms with Crippen LogP contribution in [0.1, 0.15) is 52.5 Å². The number of aromatic nitrogens is 1. The summed E-state index contributed by atoms with van der Waals surface area (Å²) in [5.74, 6) is -0.430. The minimum Gasteiger partial charge on any atom is -0.477 e. The van der Waals surface area contributed by atoms with Crippen LogP contribution in [0.4, 0.5) is 0 Å². The number of rotatable bonds is 3. The fourth-order valence-electron chi connectivity index (χ4n) is 1.80. The molecule has 1 unspecified atom stereocenters. The lowest BCUT2D eigenvalue weighted by Gasteiger charge is -2.02. The molecule has 1 N–H and O–H groups in total. The average Bonchev–Trinajstić information content (AvgIpc) is 2.86. The predicted molar refractivity (Wildman–Crippen MR) is 61.3 cm³/mol. The molecule has 2 heterocycles. The Morgan fingerprint density at radius 1 is 1.62 bits per heavy atom. The molecule has 16 heavy (non-hydrogen) atoms. The zero-order chi connectivity index (χ0) is 11.7. The molecule has 1 aromatic heterocycles. The molecule has 0 aliphatic carbocycles. The summed E-state index contributed by atoms with van der Waals surface area (Å²) in [5, 5.41) is 10.0. The first-order chi connectivity index (χ1) is 7.59. The van der Waals surface area contributed by atoms with E-state index < -0.39 is 5.97 Å². The van der Waals surface area contributed by atoms with E-state index in [-0.39, 0.29) is 11.8 Å². The van der Waals surface area contributed by atoms with Crippen molar-refractivity contribution in [2.75, 3.05) is 13.2 Å². The summed E-state index contributed by atoms with van der Waals surface area (Å²) in [4.78, 5) is 16.0. The lowest BCUT2D eigenvalue weighted by Crippen LogP contribution is -2.01. The molecular formula is C11H15NO3S.